The van der Waals surface area contributed by atoms with E-state index in [1.165, 1.54) is 72.8 Å². The third kappa shape index (κ3) is 14.8. The molecule has 0 saturated carbocycles. The summed E-state index contributed by atoms with van der Waals surface area (Å²) in [7, 11) is 0. The number of benzene rings is 5. The molecule has 0 spiro atoms. The minimum Gasteiger partial charge on any atom is -0.508 e. The predicted octanol–water partition coefficient (Wildman–Crippen LogP) is 13.1. The molecule has 3 aliphatic rings. The zero-order valence-electron chi connectivity index (χ0n) is 43.8. The van der Waals surface area contributed by atoms with Gasteiger partial charge >= 0.3 is 12.5 Å². The Hall–Kier alpha value is -7.69. The van der Waals surface area contributed by atoms with Crippen molar-refractivity contribution < 1.29 is 36.2 Å². The maximum Gasteiger partial charge on any atom is 0.573 e. The van der Waals surface area contributed by atoms with Gasteiger partial charge in [0.05, 0.1) is 35.8 Å². The highest BCUT2D eigenvalue weighted by Crippen LogP contribution is 2.48. The van der Waals surface area contributed by atoms with Crippen LogP contribution in [0.4, 0.5) is 43.4 Å². The van der Waals surface area contributed by atoms with Crippen molar-refractivity contribution in [1.29, 1.82) is 0 Å². The molecule has 5 aromatic carbocycles. The third-order valence-electron chi connectivity index (χ3n) is 13.2. The molecule has 2 saturated heterocycles. The molecule has 0 amide bonds. The number of aryl methyl sites for hydroxylation is 3. The first kappa shape index (κ1) is 58.5. The summed E-state index contributed by atoms with van der Waals surface area (Å²) in [6.45, 7) is 9.96. The minimum absolute atomic E-state index is 0.0894. The second-order valence-electron chi connectivity index (χ2n) is 18.9. The number of nitrogens with zero attached hydrogens (tertiary/aromatic N) is 10. The molecular weight excluding hydrogens is 1100 g/mol. The second-order valence-corrected chi connectivity index (χ2v) is 21.4. The molecule has 0 radical (unpaired) electrons. The van der Waals surface area contributed by atoms with Crippen molar-refractivity contribution >= 4 is 99.3 Å². The van der Waals surface area contributed by atoms with Gasteiger partial charge in [0.25, 0.3) is 0 Å². The fourth-order valence-corrected chi connectivity index (χ4v) is 12.2. The topological polar surface area (TPSA) is 187 Å². The minimum atomic E-state index is -4.80. The molecule has 14 nitrogen and oxygen atoms in total. The van der Waals surface area contributed by atoms with E-state index in [0.29, 0.717) is 67.5 Å². The maximum absolute atomic E-state index is 15.3. The standard InChI is InChI=1S/C57H55ClF6N12O2S2/c1-33-26-34(2)50(35(3)27-33)76-37(5)47(30-80-55(76)74-72-29-39-8-12-41(13-9-39)53(66)70-32-68-43-16-20-45(21-17-43)78-57(62,63)64)46-22-23-48(56(59,60)61)51(49(46)58)75-36(4)24-25-79-54(75)73-71-28-38-6-10-40(11-7-38)52(65)69-31-67-42-14-18-44(77)19-15-42/h6-23,26-29,31-32,36-37,47-48,51,77H,24-25,30H2,1-5H3,(H2,65,67,69)(H2,66,68,70)/b71-28+,72-29-,73-54+,74-55+. The molecule has 2 fully saturated rings. The number of aromatic hydroxyl groups is 1. The Bertz CT molecular complexity index is 3320. The van der Waals surface area contributed by atoms with Gasteiger partial charge in [-0.2, -0.15) is 23.4 Å². The van der Waals surface area contributed by atoms with E-state index in [1.54, 1.807) is 77.9 Å². The van der Waals surface area contributed by atoms with E-state index in [9.17, 15) is 18.3 Å². The van der Waals surface area contributed by atoms with Crippen molar-refractivity contribution in [2.24, 2.45) is 63.7 Å². The van der Waals surface area contributed by atoms with E-state index in [1.807, 2.05) is 34.6 Å². The lowest BCUT2D eigenvalue weighted by Crippen LogP contribution is -2.55. The fourth-order valence-electron chi connectivity index (χ4n) is 9.31. The van der Waals surface area contributed by atoms with E-state index in [4.69, 9.17) is 28.2 Å². The lowest BCUT2D eigenvalue weighted by Gasteiger charge is -2.47. The molecule has 5 unspecified atom stereocenters. The first-order valence-corrected chi connectivity index (χ1v) is 27.3. The second kappa shape index (κ2) is 25.6. The highest BCUT2D eigenvalue weighted by molar-refractivity contribution is 8.14. The number of aliphatic imine (C=N–C) groups is 4. The summed E-state index contributed by atoms with van der Waals surface area (Å²) >= 11 is 10.2. The number of anilines is 1. The molecule has 2 aliphatic heterocycles. The van der Waals surface area contributed by atoms with Crippen LogP contribution >= 0.6 is 35.1 Å². The van der Waals surface area contributed by atoms with Crippen LogP contribution in [0, 0.1) is 32.6 Å². The number of nitrogens with two attached hydrogens (primary N) is 2. The normalized spacial score (nSPS) is 21.9. The quantitative estimate of drug-likeness (QED) is 0.0424. The molecular formula is C57H55ClF6N12O2S2. The fraction of sp³-hybridized carbons (Fsp3) is 0.263. The van der Waals surface area contributed by atoms with Crippen molar-refractivity contribution in [3.05, 3.63) is 171 Å². The summed E-state index contributed by atoms with van der Waals surface area (Å²) < 4.78 is 87.3. The molecule has 5 aromatic rings. The van der Waals surface area contributed by atoms with Gasteiger partial charge in [-0.15, -0.1) is 23.4 Å². The van der Waals surface area contributed by atoms with Gasteiger partial charge in [-0.3, -0.25) is 0 Å². The first-order chi connectivity index (χ1) is 38.1. The van der Waals surface area contributed by atoms with Crippen LogP contribution in [0.2, 0.25) is 0 Å². The van der Waals surface area contributed by atoms with Crippen molar-refractivity contribution in [2.45, 2.75) is 71.7 Å². The van der Waals surface area contributed by atoms with Crippen LogP contribution in [0.15, 0.2) is 172 Å². The van der Waals surface area contributed by atoms with Gasteiger partial charge in [0, 0.05) is 51.4 Å². The molecule has 0 bridgehead atoms. The molecule has 0 aromatic heterocycles. The van der Waals surface area contributed by atoms with Crippen molar-refractivity contribution in [3.8, 4) is 11.5 Å². The first-order valence-electron chi connectivity index (χ1n) is 25.0. The highest BCUT2D eigenvalue weighted by Gasteiger charge is 2.52. The van der Waals surface area contributed by atoms with Crippen LogP contribution in [-0.4, -0.2) is 99.3 Å². The summed E-state index contributed by atoms with van der Waals surface area (Å²) in [5, 5.41) is 28.7. The summed E-state index contributed by atoms with van der Waals surface area (Å²) in [4.78, 5) is 20.5. The lowest BCUT2D eigenvalue weighted by molar-refractivity contribution is -0.274. The van der Waals surface area contributed by atoms with E-state index in [2.05, 4.69) is 57.0 Å². The van der Waals surface area contributed by atoms with E-state index >= 15 is 13.2 Å². The van der Waals surface area contributed by atoms with Crippen LogP contribution < -0.4 is 21.1 Å². The van der Waals surface area contributed by atoms with Gasteiger partial charge in [0.1, 0.15) is 35.8 Å². The van der Waals surface area contributed by atoms with E-state index < -0.39 is 24.5 Å². The molecule has 5 atom stereocenters. The summed E-state index contributed by atoms with van der Waals surface area (Å²) in [5.41, 5.74) is 20.4. The van der Waals surface area contributed by atoms with Crippen molar-refractivity contribution in [2.75, 3.05) is 16.4 Å². The smallest absolute Gasteiger partial charge is 0.508 e. The number of thioether (sulfide) groups is 2. The average molecular weight is 1150 g/mol. The number of amidine groups is 4. The van der Waals surface area contributed by atoms with Crippen molar-refractivity contribution in [1.82, 2.24) is 4.90 Å². The number of halogens is 7. The Balaban J connectivity index is 1.02. The molecule has 80 heavy (non-hydrogen) atoms. The monoisotopic (exact) mass is 1150 g/mol. The third-order valence-corrected chi connectivity index (χ3v) is 15.7. The highest BCUT2D eigenvalue weighted by atomic mass is 35.5. The van der Waals surface area contributed by atoms with Crippen LogP contribution in [0.5, 0.6) is 11.5 Å². The number of allylic oxidation sites excluding steroid dienone is 1. The van der Waals surface area contributed by atoms with Crippen LogP contribution in [0.1, 0.15) is 59.2 Å². The van der Waals surface area contributed by atoms with Crippen LogP contribution in [0.25, 0.3) is 0 Å². The Morgan fingerprint density at radius 2 is 1.25 bits per heavy atom. The zero-order valence-corrected chi connectivity index (χ0v) is 46.2. The van der Waals surface area contributed by atoms with Gasteiger partial charge < -0.3 is 31.1 Å². The number of ether oxygens (including phenoxy) is 1. The van der Waals surface area contributed by atoms with E-state index in [0.717, 1.165) is 34.5 Å². The largest absolute Gasteiger partial charge is 0.573 e. The number of phenolic OH excluding ortho intramolecular Hbond substituents is 1. The van der Waals surface area contributed by atoms with Gasteiger partial charge in [0.15, 0.2) is 10.3 Å². The number of hydrogen-bond donors (Lipinski definition) is 3. The van der Waals surface area contributed by atoms with Gasteiger partial charge in [-0.1, -0.05) is 114 Å². The van der Waals surface area contributed by atoms with Gasteiger partial charge in [-0.05, 0) is 117 Å². The average Bonchev–Trinajstić information content (AvgIpc) is 3.41. The molecule has 5 N–H and O–H groups in total. The van der Waals surface area contributed by atoms with Crippen LogP contribution in [-0.2, 0) is 0 Å². The summed E-state index contributed by atoms with van der Waals surface area (Å²) in [6, 6.07) is 27.5. The zero-order chi connectivity index (χ0) is 57.3. The number of rotatable bonds is 14. The van der Waals surface area contributed by atoms with Crippen LogP contribution in [0.3, 0.4) is 0 Å². The Morgan fingerprint density at radius 1 is 0.725 bits per heavy atom. The van der Waals surface area contributed by atoms with Crippen molar-refractivity contribution in [3.63, 3.8) is 0 Å². The SMILES string of the molecule is Cc1cc(C)c(N2/C(=N\N=C/c3ccc(C(N)=NC=Nc4ccc(OC(F)(F)F)cc4)cc3)SCC(C3=C(Cl)C(N4/C(=N\N=C\c5ccc(C(N)=NC=Nc6ccc(O)cc6)cc5)SCCC4C)C(C(F)(F)F)C=C3)C2C)c(C)c1. The molecule has 416 valence electrons. The number of phenols is 1. The maximum atomic E-state index is 15.3. The summed E-state index contributed by atoms with van der Waals surface area (Å²) in [6.07, 6.45) is -0.455. The Labute approximate surface area is 472 Å². The lowest BCUT2D eigenvalue weighted by atomic mass is 9.82. The predicted molar refractivity (Wildman–Crippen MR) is 314 cm³/mol. The molecule has 8 rings (SSSR count). The van der Waals surface area contributed by atoms with Gasteiger partial charge in [-0.25, -0.2) is 20.0 Å². The molecule has 1 aliphatic carbocycles. The Morgan fingerprint density at radius 3 is 1.77 bits per heavy atom. The number of hydrogen-bond acceptors (Lipinski definition) is 10. The van der Waals surface area contributed by atoms with E-state index in [-0.39, 0.29) is 46.2 Å². The molecule has 23 heteroatoms. The Kier molecular flexibility index (Phi) is 18.7. The van der Waals surface area contributed by atoms with Gasteiger partial charge in [0.2, 0.25) is 0 Å². The molecule has 2 heterocycles. The number of alkyl halides is 6. The summed E-state index contributed by atoms with van der Waals surface area (Å²) in [5.74, 6) is -1.12.